The third-order valence-corrected chi connectivity index (χ3v) is 4.19. The molecule has 0 aliphatic carbocycles. The fourth-order valence-electron chi connectivity index (χ4n) is 1.99. The lowest BCUT2D eigenvalue weighted by atomic mass is 10.1. The maximum absolute atomic E-state index is 12.2. The highest BCUT2D eigenvalue weighted by molar-refractivity contribution is 7.10. The van der Waals surface area contributed by atoms with E-state index in [1.807, 2.05) is 31.2 Å². The fraction of sp³-hybridized carbons (Fsp3) is 0.333. The predicted octanol–water partition coefficient (Wildman–Crippen LogP) is 2.27. The molecule has 1 unspecified atom stereocenters. The van der Waals surface area contributed by atoms with E-state index in [0.29, 0.717) is 11.3 Å². The van der Waals surface area contributed by atoms with Crippen molar-refractivity contribution in [2.75, 3.05) is 18.9 Å². The van der Waals surface area contributed by atoms with Crippen LogP contribution in [0.3, 0.4) is 0 Å². The lowest BCUT2D eigenvalue weighted by molar-refractivity contribution is 0.0916. The van der Waals surface area contributed by atoms with Crippen molar-refractivity contribution in [3.8, 4) is 0 Å². The number of nitrogens with one attached hydrogen (secondary N) is 2. The molecule has 3 N–H and O–H groups in total. The standard InChI is InChI=1S/C15H19N3O2S/c1-9-4-6-11(7-5-9)12(19)8-17-14(20)13-10(2)18-21-15(13)16-3/h4-7,12,16,19H,8H2,1-3H3,(H,17,20). The molecule has 0 saturated carbocycles. The molecule has 2 rings (SSSR count). The van der Waals surface area contributed by atoms with Crippen LogP contribution in [0.5, 0.6) is 0 Å². The number of aliphatic hydroxyl groups is 1. The molecule has 5 nitrogen and oxygen atoms in total. The van der Waals surface area contributed by atoms with Gasteiger partial charge in [-0.15, -0.1) is 0 Å². The van der Waals surface area contributed by atoms with E-state index in [9.17, 15) is 9.90 Å². The van der Waals surface area contributed by atoms with E-state index >= 15 is 0 Å². The second-order valence-corrected chi connectivity index (χ2v) is 5.63. The zero-order valence-electron chi connectivity index (χ0n) is 12.3. The molecule has 0 saturated heterocycles. The highest BCUT2D eigenvalue weighted by atomic mass is 32.1. The molecule has 1 amide bonds. The zero-order chi connectivity index (χ0) is 15.4. The third kappa shape index (κ3) is 3.59. The van der Waals surface area contributed by atoms with Crippen molar-refractivity contribution in [2.45, 2.75) is 20.0 Å². The number of aliphatic hydroxyl groups excluding tert-OH is 1. The zero-order valence-corrected chi connectivity index (χ0v) is 13.1. The summed E-state index contributed by atoms with van der Waals surface area (Å²) < 4.78 is 4.16. The Hall–Kier alpha value is -1.92. The molecule has 0 radical (unpaired) electrons. The molecule has 0 fully saturated rings. The predicted molar refractivity (Wildman–Crippen MR) is 84.9 cm³/mol. The number of carbonyl (C=O) groups is 1. The van der Waals surface area contributed by atoms with Crippen LogP contribution in [-0.2, 0) is 0 Å². The van der Waals surface area contributed by atoms with Gasteiger partial charge in [0.05, 0.1) is 17.4 Å². The summed E-state index contributed by atoms with van der Waals surface area (Å²) in [6.45, 7) is 3.95. The van der Waals surface area contributed by atoms with Gasteiger partial charge in [-0.3, -0.25) is 4.79 Å². The van der Waals surface area contributed by atoms with Crippen LogP contribution in [0.4, 0.5) is 5.00 Å². The summed E-state index contributed by atoms with van der Waals surface area (Å²) in [7, 11) is 1.75. The molecule has 112 valence electrons. The lowest BCUT2D eigenvalue weighted by Gasteiger charge is -2.13. The van der Waals surface area contributed by atoms with Crippen LogP contribution in [0.15, 0.2) is 24.3 Å². The normalized spacial score (nSPS) is 12.0. The second-order valence-electron chi connectivity index (χ2n) is 4.86. The summed E-state index contributed by atoms with van der Waals surface area (Å²) >= 11 is 1.25. The van der Waals surface area contributed by atoms with Gasteiger partial charge in [-0.25, -0.2) is 0 Å². The van der Waals surface area contributed by atoms with E-state index in [1.54, 1.807) is 14.0 Å². The number of anilines is 1. The number of hydrogen-bond donors (Lipinski definition) is 3. The monoisotopic (exact) mass is 305 g/mol. The molecule has 1 aromatic heterocycles. The highest BCUT2D eigenvalue weighted by Gasteiger charge is 2.18. The molecule has 0 aliphatic heterocycles. The number of aryl methyl sites for hydroxylation is 2. The first-order chi connectivity index (χ1) is 10.0. The Morgan fingerprint density at radius 3 is 2.62 bits per heavy atom. The van der Waals surface area contributed by atoms with Crippen molar-refractivity contribution in [1.82, 2.24) is 9.69 Å². The largest absolute Gasteiger partial charge is 0.387 e. The number of carbonyl (C=O) groups excluding carboxylic acids is 1. The fourth-order valence-corrected chi connectivity index (χ4v) is 2.73. The average molecular weight is 305 g/mol. The first-order valence-corrected chi connectivity index (χ1v) is 7.47. The van der Waals surface area contributed by atoms with E-state index in [0.717, 1.165) is 16.1 Å². The summed E-state index contributed by atoms with van der Waals surface area (Å²) in [4.78, 5) is 12.2. The quantitative estimate of drug-likeness (QED) is 0.792. The molecule has 0 aliphatic rings. The van der Waals surface area contributed by atoms with Gasteiger partial charge in [-0.05, 0) is 30.9 Å². The van der Waals surface area contributed by atoms with Gasteiger partial charge in [0.2, 0.25) is 0 Å². The van der Waals surface area contributed by atoms with Crippen molar-refractivity contribution in [3.05, 3.63) is 46.6 Å². The van der Waals surface area contributed by atoms with Crippen molar-refractivity contribution < 1.29 is 9.90 Å². The van der Waals surface area contributed by atoms with Gasteiger partial charge >= 0.3 is 0 Å². The summed E-state index contributed by atoms with van der Waals surface area (Å²) in [5.41, 5.74) is 3.15. The van der Waals surface area contributed by atoms with Gasteiger partial charge in [0.25, 0.3) is 5.91 Å². The van der Waals surface area contributed by atoms with Gasteiger partial charge in [0, 0.05) is 13.6 Å². The minimum Gasteiger partial charge on any atom is -0.387 e. The maximum Gasteiger partial charge on any atom is 0.256 e. The number of hydrogen-bond acceptors (Lipinski definition) is 5. The summed E-state index contributed by atoms with van der Waals surface area (Å²) in [5.74, 6) is -0.225. The van der Waals surface area contributed by atoms with Crippen molar-refractivity contribution >= 4 is 22.4 Å². The Morgan fingerprint density at radius 1 is 1.33 bits per heavy atom. The lowest BCUT2D eigenvalue weighted by Crippen LogP contribution is -2.29. The van der Waals surface area contributed by atoms with Crippen LogP contribution < -0.4 is 10.6 Å². The molecular weight excluding hydrogens is 286 g/mol. The summed E-state index contributed by atoms with van der Waals surface area (Å²) in [6, 6.07) is 7.60. The van der Waals surface area contributed by atoms with Crippen LogP contribution in [-0.4, -0.2) is 29.0 Å². The van der Waals surface area contributed by atoms with Gasteiger partial charge in [-0.1, -0.05) is 29.8 Å². The van der Waals surface area contributed by atoms with E-state index < -0.39 is 6.10 Å². The van der Waals surface area contributed by atoms with Crippen LogP contribution in [0.1, 0.15) is 33.3 Å². The van der Waals surface area contributed by atoms with E-state index in [1.165, 1.54) is 11.5 Å². The molecule has 6 heteroatoms. The average Bonchev–Trinajstić information content (AvgIpc) is 2.86. The third-order valence-electron chi connectivity index (χ3n) is 3.23. The summed E-state index contributed by atoms with van der Waals surface area (Å²) in [5, 5.41) is 16.5. The number of benzene rings is 1. The number of aromatic nitrogens is 1. The summed E-state index contributed by atoms with van der Waals surface area (Å²) in [6.07, 6.45) is -0.723. The molecule has 1 atom stereocenters. The topological polar surface area (TPSA) is 74.2 Å². The molecular formula is C15H19N3O2S. The second kappa shape index (κ2) is 6.69. The first kappa shape index (κ1) is 15.5. The molecule has 0 spiro atoms. The Labute approximate surface area is 128 Å². The molecule has 1 aromatic carbocycles. The Morgan fingerprint density at radius 2 is 2.00 bits per heavy atom. The van der Waals surface area contributed by atoms with Crippen LogP contribution in [0.2, 0.25) is 0 Å². The minimum absolute atomic E-state index is 0.167. The Balaban J connectivity index is 2.00. The molecule has 1 heterocycles. The first-order valence-electron chi connectivity index (χ1n) is 6.69. The van der Waals surface area contributed by atoms with Crippen LogP contribution >= 0.6 is 11.5 Å². The molecule has 2 aromatic rings. The SMILES string of the molecule is CNc1snc(C)c1C(=O)NCC(O)c1ccc(C)cc1. The molecule has 21 heavy (non-hydrogen) atoms. The number of nitrogens with zero attached hydrogens (tertiary/aromatic N) is 1. The smallest absolute Gasteiger partial charge is 0.256 e. The Bertz CT molecular complexity index is 622. The van der Waals surface area contributed by atoms with Crippen molar-refractivity contribution in [3.63, 3.8) is 0 Å². The van der Waals surface area contributed by atoms with Gasteiger partial charge < -0.3 is 15.7 Å². The Kier molecular flexibility index (Phi) is 4.93. The van der Waals surface area contributed by atoms with Gasteiger partial charge in [-0.2, -0.15) is 4.37 Å². The maximum atomic E-state index is 12.2. The number of rotatable bonds is 5. The van der Waals surface area contributed by atoms with E-state index in [2.05, 4.69) is 15.0 Å². The highest BCUT2D eigenvalue weighted by Crippen LogP contribution is 2.23. The van der Waals surface area contributed by atoms with Gasteiger partial charge in [0.1, 0.15) is 5.00 Å². The van der Waals surface area contributed by atoms with Gasteiger partial charge in [0.15, 0.2) is 0 Å². The van der Waals surface area contributed by atoms with Crippen LogP contribution in [0.25, 0.3) is 0 Å². The van der Waals surface area contributed by atoms with Crippen molar-refractivity contribution in [1.29, 1.82) is 0 Å². The van der Waals surface area contributed by atoms with Crippen molar-refractivity contribution in [2.24, 2.45) is 0 Å². The minimum atomic E-state index is -0.723. The van der Waals surface area contributed by atoms with E-state index in [4.69, 9.17) is 0 Å². The number of amides is 1. The molecule has 0 bridgehead atoms. The van der Waals surface area contributed by atoms with E-state index in [-0.39, 0.29) is 12.5 Å². The van der Waals surface area contributed by atoms with Crippen LogP contribution in [0, 0.1) is 13.8 Å².